The van der Waals surface area contributed by atoms with E-state index in [4.69, 9.17) is 5.73 Å². The Kier molecular flexibility index (Phi) is 3.99. The fraction of sp³-hybridized carbons (Fsp3) is 0.667. The standard InChI is InChI=1S/C12H19N3OS/c1-8-5-3-2-4-6-9(8)14-11(16)10-7-17-12(13)15-10/h7-9H,2-6H2,1H3,(H2,13,15)(H,14,16). The lowest BCUT2D eigenvalue weighted by Crippen LogP contribution is -2.39. The molecule has 0 bridgehead atoms. The Hall–Kier alpha value is -1.10. The van der Waals surface area contributed by atoms with Crippen LogP contribution in [0.15, 0.2) is 5.38 Å². The Morgan fingerprint density at radius 1 is 1.47 bits per heavy atom. The van der Waals surface area contributed by atoms with Crippen molar-refractivity contribution in [2.75, 3.05) is 5.73 Å². The molecule has 17 heavy (non-hydrogen) atoms. The number of nitrogens with zero attached hydrogens (tertiary/aromatic N) is 1. The van der Waals surface area contributed by atoms with Gasteiger partial charge in [-0.2, -0.15) is 0 Å². The molecule has 1 heterocycles. The number of nitrogen functional groups attached to an aromatic ring is 1. The molecule has 3 N–H and O–H groups in total. The van der Waals surface area contributed by atoms with Gasteiger partial charge < -0.3 is 11.1 Å². The molecule has 1 fully saturated rings. The maximum atomic E-state index is 12.0. The Balaban J connectivity index is 1.97. The fourth-order valence-electron chi connectivity index (χ4n) is 2.34. The quantitative estimate of drug-likeness (QED) is 0.795. The van der Waals surface area contributed by atoms with Crippen LogP contribution in [-0.2, 0) is 0 Å². The Morgan fingerprint density at radius 3 is 2.94 bits per heavy atom. The first-order valence-electron chi connectivity index (χ1n) is 6.18. The van der Waals surface area contributed by atoms with Crippen molar-refractivity contribution in [1.82, 2.24) is 10.3 Å². The Bertz CT molecular complexity index is 391. The highest BCUT2D eigenvalue weighted by Crippen LogP contribution is 2.23. The van der Waals surface area contributed by atoms with Crippen LogP contribution >= 0.6 is 11.3 Å². The number of rotatable bonds is 2. The topological polar surface area (TPSA) is 68.0 Å². The van der Waals surface area contributed by atoms with E-state index in [-0.39, 0.29) is 11.9 Å². The van der Waals surface area contributed by atoms with Crippen LogP contribution in [0.2, 0.25) is 0 Å². The van der Waals surface area contributed by atoms with Gasteiger partial charge >= 0.3 is 0 Å². The van der Waals surface area contributed by atoms with Crippen LogP contribution in [0.5, 0.6) is 0 Å². The zero-order valence-electron chi connectivity index (χ0n) is 10.1. The number of thiazole rings is 1. The summed E-state index contributed by atoms with van der Waals surface area (Å²) in [5.41, 5.74) is 5.98. The summed E-state index contributed by atoms with van der Waals surface area (Å²) in [6, 6.07) is 0.285. The second-order valence-corrected chi connectivity index (χ2v) is 5.66. The van der Waals surface area contributed by atoms with Crippen molar-refractivity contribution in [3.8, 4) is 0 Å². The van der Waals surface area contributed by atoms with Gasteiger partial charge in [0.2, 0.25) is 0 Å². The average Bonchev–Trinajstić information content (AvgIpc) is 2.63. The van der Waals surface area contributed by atoms with Crippen molar-refractivity contribution < 1.29 is 4.79 Å². The predicted molar refractivity (Wildman–Crippen MR) is 70.0 cm³/mol. The molecule has 1 aromatic rings. The third-order valence-electron chi connectivity index (χ3n) is 3.43. The highest BCUT2D eigenvalue weighted by atomic mass is 32.1. The van der Waals surface area contributed by atoms with Gasteiger partial charge in [0.05, 0.1) is 0 Å². The summed E-state index contributed by atoms with van der Waals surface area (Å²) in [6.07, 6.45) is 6.03. The molecule has 94 valence electrons. The maximum Gasteiger partial charge on any atom is 0.271 e. The zero-order valence-corrected chi connectivity index (χ0v) is 10.9. The first-order chi connectivity index (χ1) is 8.16. The number of hydrogen-bond donors (Lipinski definition) is 2. The highest BCUT2D eigenvalue weighted by molar-refractivity contribution is 7.13. The third kappa shape index (κ3) is 3.19. The van der Waals surface area contributed by atoms with Gasteiger partial charge in [-0.3, -0.25) is 4.79 Å². The third-order valence-corrected chi connectivity index (χ3v) is 4.11. The van der Waals surface area contributed by atoms with Gasteiger partial charge in [0.15, 0.2) is 5.13 Å². The van der Waals surface area contributed by atoms with E-state index >= 15 is 0 Å². The van der Waals surface area contributed by atoms with Gasteiger partial charge in [-0.15, -0.1) is 11.3 Å². The minimum Gasteiger partial charge on any atom is -0.375 e. The van der Waals surface area contributed by atoms with Crippen molar-refractivity contribution in [3.05, 3.63) is 11.1 Å². The molecule has 4 nitrogen and oxygen atoms in total. The minimum atomic E-state index is -0.0864. The van der Waals surface area contributed by atoms with E-state index in [2.05, 4.69) is 17.2 Å². The Labute approximate surface area is 106 Å². The van der Waals surface area contributed by atoms with E-state index in [0.29, 0.717) is 16.7 Å². The number of nitrogens with one attached hydrogen (secondary N) is 1. The molecule has 1 amide bonds. The van der Waals surface area contributed by atoms with Gasteiger partial charge in [-0.25, -0.2) is 4.98 Å². The summed E-state index contributed by atoms with van der Waals surface area (Å²) < 4.78 is 0. The zero-order chi connectivity index (χ0) is 12.3. The van der Waals surface area contributed by atoms with Gasteiger partial charge in [-0.1, -0.05) is 26.2 Å². The van der Waals surface area contributed by atoms with Gasteiger partial charge in [0.25, 0.3) is 5.91 Å². The molecular weight excluding hydrogens is 234 g/mol. The number of aromatic nitrogens is 1. The lowest BCUT2D eigenvalue weighted by molar-refractivity contribution is 0.0917. The average molecular weight is 253 g/mol. The molecule has 1 aliphatic rings. The molecule has 0 aromatic carbocycles. The van der Waals surface area contributed by atoms with Crippen molar-refractivity contribution in [1.29, 1.82) is 0 Å². The van der Waals surface area contributed by atoms with Crippen LogP contribution in [0.25, 0.3) is 0 Å². The summed E-state index contributed by atoms with van der Waals surface area (Å²) in [5, 5.41) is 5.25. The fourth-order valence-corrected chi connectivity index (χ4v) is 2.88. The molecule has 0 spiro atoms. The smallest absolute Gasteiger partial charge is 0.271 e. The molecule has 2 atom stereocenters. The SMILES string of the molecule is CC1CCCCCC1NC(=O)c1csc(N)n1. The number of anilines is 1. The molecule has 0 aliphatic heterocycles. The van der Waals surface area contributed by atoms with Crippen LogP contribution < -0.4 is 11.1 Å². The lowest BCUT2D eigenvalue weighted by Gasteiger charge is -2.22. The molecule has 0 saturated heterocycles. The summed E-state index contributed by atoms with van der Waals surface area (Å²) >= 11 is 1.31. The van der Waals surface area contributed by atoms with Gasteiger partial charge in [0.1, 0.15) is 5.69 Å². The number of carbonyl (C=O) groups excluding carboxylic acids is 1. The van der Waals surface area contributed by atoms with E-state index in [0.717, 1.165) is 6.42 Å². The van der Waals surface area contributed by atoms with E-state index in [1.165, 1.54) is 37.0 Å². The number of nitrogens with two attached hydrogens (primary N) is 1. The minimum absolute atomic E-state index is 0.0864. The summed E-state index contributed by atoms with van der Waals surface area (Å²) in [5.74, 6) is 0.467. The number of hydrogen-bond acceptors (Lipinski definition) is 4. The number of carbonyl (C=O) groups is 1. The molecule has 0 radical (unpaired) electrons. The molecule has 1 aromatic heterocycles. The summed E-state index contributed by atoms with van der Waals surface area (Å²) in [4.78, 5) is 16.0. The number of amides is 1. The van der Waals surface area contributed by atoms with Crippen molar-refractivity contribution >= 4 is 22.4 Å². The Morgan fingerprint density at radius 2 is 2.24 bits per heavy atom. The molecule has 1 aliphatic carbocycles. The summed E-state index contributed by atoms with van der Waals surface area (Å²) in [7, 11) is 0. The first kappa shape index (κ1) is 12.4. The maximum absolute atomic E-state index is 12.0. The highest BCUT2D eigenvalue weighted by Gasteiger charge is 2.22. The molecule has 1 saturated carbocycles. The van der Waals surface area contributed by atoms with Crippen LogP contribution in [0.1, 0.15) is 49.5 Å². The molecule has 2 unspecified atom stereocenters. The predicted octanol–water partition coefficient (Wildman–Crippen LogP) is 2.42. The molecule has 2 rings (SSSR count). The van der Waals surface area contributed by atoms with Crippen molar-refractivity contribution in [3.63, 3.8) is 0 Å². The van der Waals surface area contributed by atoms with E-state index < -0.39 is 0 Å². The van der Waals surface area contributed by atoms with Gasteiger partial charge in [0, 0.05) is 11.4 Å². The van der Waals surface area contributed by atoms with E-state index in [9.17, 15) is 4.79 Å². The van der Waals surface area contributed by atoms with Gasteiger partial charge in [-0.05, 0) is 18.8 Å². The lowest BCUT2D eigenvalue weighted by atomic mass is 9.97. The second-order valence-electron chi connectivity index (χ2n) is 4.77. The van der Waals surface area contributed by atoms with Crippen LogP contribution in [0, 0.1) is 5.92 Å². The normalized spacial score (nSPS) is 25.2. The van der Waals surface area contributed by atoms with E-state index in [1.54, 1.807) is 5.38 Å². The largest absolute Gasteiger partial charge is 0.375 e. The monoisotopic (exact) mass is 253 g/mol. The van der Waals surface area contributed by atoms with Crippen molar-refractivity contribution in [2.45, 2.75) is 45.1 Å². The van der Waals surface area contributed by atoms with Crippen LogP contribution in [-0.4, -0.2) is 16.9 Å². The summed E-state index contributed by atoms with van der Waals surface area (Å²) in [6.45, 7) is 2.21. The van der Waals surface area contributed by atoms with Crippen LogP contribution in [0.3, 0.4) is 0 Å². The van der Waals surface area contributed by atoms with Crippen molar-refractivity contribution in [2.24, 2.45) is 5.92 Å². The van der Waals surface area contributed by atoms with Crippen LogP contribution in [0.4, 0.5) is 5.13 Å². The second kappa shape index (κ2) is 5.49. The first-order valence-corrected chi connectivity index (χ1v) is 7.06. The molecular formula is C12H19N3OS. The van der Waals surface area contributed by atoms with E-state index in [1.807, 2.05) is 0 Å². The molecule has 5 heteroatoms.